The summed E-state index contributed by atoms with van der Waals surface area (Å²) < 4.78 is 47.8. The first kappa shape index (κ1) is 28.1. The van der Waals surface area contributed by atoms with Crippen molar-refractivity contribution in [1.29, 1.82) is 0 Å². The average molecular weight is 548 g/mol. The van der Waals surface area contributed by atoms with Gasteiger partial charge >= 0.3 is 19.4 Å². The molecule has 3 N–H and O–H groups in total. The minimum absolute atomic E-state index is 0.0315. The number of nitrogens with zero attached hydrogens (tertiary/aromatic N) is 1. The zero-order valence-electron chi connectivity index (χ0n) is 19.6. The van der Waals surface area contributed by atoms with Gasteiger partial charge in [-0.2, -0.15) is 5.09 Å². The molecule has 2 aromatic rings. The number of esters is 1. The van der Waals surface area contributed by atoms with Crippen LogP contribution < -0.4 is 20.9 Å². The molecule has 1 fully saturated rings. The largest absolute Gasteiger partial charge is 0.465 e. The summed E-state index contributed by atoms with van der Waals surface area (Å²) in [6.45, 7) is 2.50. The molecule has 1 saturated heterocycles. The Labute approximate surface area is 210 Å². The number of halogens is 2. The maximum atomic E-state index is 13.5. The molecule has 1 aromatic heterocycles. The highest BCUT2D eigenvalue weighted by atomic mass is 35.5. The first-order chi connectivity index (χ1) is 16.9. The molecule has 2 heterocycles. The number of nitrogens with one attached hydrogen (secondary N) is 2. The van der Waals surface area contributed by atoms with Gasteiger partial charge in [-0.05, 0) is 38.1 Å². The van der Waals surface area contributed by atoms with Gasteiger partial charge in [0.25, 0.3) is 5.56 Å². The quantitative estimate of drug-likeness (QED) is 0.163. The van der Waals surface area contributed by atoms with Crippen LogP contribution in [-0.4, -0.2) is 64.7 Å². The van der Waals surface area contributed by atoms with Crippen LogP contribution in [0.25, 0.3) is 0 Å². The zero-order valence-corrected chi connectivity index (χ0v) is 21.2. The van der Waals surface area contributed by atoms with E-state index in [0.717, 1.165) is 29.0 Å². The number of hydrogen-bond donors (Lipinski definition) is 3. The molecule has 3 rings (SSSR count). The summed E-state index contributed by atoms with van der Waals surface area (Å²) in [6.07, 6.45) is -2.70. The molecule has 36 heavy (non-hydrogen) atoms. The molecule has 0 spiro atoms. The Hall–Kier alpha value is -2.48. The average Bonchev–Trinajstić information content (AvgIpc) is 3.03. The summed E-state index contributed by atoms with van der Waals surface area (Å²) in [7, 11) is -2.93. The van der Waals surface area contributed by atoms with Gasteiger partial charge in [-0.15, -0.1) is 11.6 Å². The van der Waals surface area contributed by atoms with E-state index in [9.17, 15) is 28.4 Å². The highest BCUT2D eigenvalue weighted by Crippen LogP contribution is 2.47. The van der Waals surface area contributed by atoms with Crippen molar-refractivity contribution in [2.24, 2.45) is 0 Å². The number of aromatic nitrogens is 2. The number of aliphatic hydroxyl groups excluding tert-OH is 1. The number of alkyl halides is 1. The fourth-order valence-electron chi connectivity index (χ4n) is 3.42. The van der Waals surface area contributed by atoms with E-state index >= 15 is 0 Å². The van der Waals surface area contributed by atoms with Crippen molar-refractivity contribution in [1.82, 2.24) is 14.6 Å². The van der Waals surface area contributed by atoms with Gasteiger partial charge in [0.15, 0.2) is 6.23 Å². The first-order valence-corrected chi connectivity index (χ1v) is 12.8. The highest BCUT2D eigenvalue weighted by Gasteiger charge is 2.53. The van der Waals surface area contributed by atoms with Gasteiger partial charge < -0.3 is 19.1 Å². The number of rotatable bonds is 10. The smallest absolute Gasteiger partial charge is 0.459 e. The maximum Gasteiger partial charge on any atom is 0.459 e. The van der Waals surface area contributed by atoms with Crippen molar-refractivity contribution in [2.75, 3.05) is 13.2 Å². The molecule has 196 valence electrons. The van der Waals surface area contributed by atoms with Crippen LogP contribution >= 0.6 is 19.3 Å². The van der Waals surface area contributed by atoms with Crippen molar-refractivity contribution in [3.8, 4) is 5.75 Å². The summed E-state index contributed by atoms with van der Waals surface area (Å²) in [4.78, 5) is 37.7. The van der Waals surface area contributed by atoms with Crippen LogP contribution in [0.3, 0.4) is 0 Å². The fraction of sp³-hybridized carbons (Fsp3) is 0.450. The second-order valence-corrected chi connectivity index (χ2v) is 10.6. The molecule has 6 atom stereocenters. The number of carbonyl (C=O) groups is 1. The molecule has 0 amide bonds. The van der Waals surface area contributed by atoms with E-state index in [1.807, 2.05) is 0 Å². The van der Waals surface area contributed by atoms with E-state index in [1.54, 1.807) is 6.92 Å². The second-order valence-electron chi connectivity index (χ2n) is 8.08. The van der Waals surface area contributed by atoms with Crippen LogP contribution in [0.5, 0.6) is 5.75 Å². The van der Waals surface area contributed by atoms with Crippen molar-refractivity contribution in [3.05, 3.63) is 63.2 Å². The minimum atomic E-state index is -4.34. The van der Waals surface area contributed by atoms with E-state index < -0.39 is 66.6 Å². The second kappa shape index (κ2) is 11.3. The monoisotopic (exact) mass is 547 g/mol. The van der Waals surface area contributed by atoms with Gasteiger partial charge in [-0.3, -0.25) is 23.7 Å². The number of carbonyl (C=O) groups excluding carboxylic acids is 1. The van der Waals surface area contributed by atoms with E-state index in [1.165, 1.54) is 26.9 Å². The number of aliphatic hydroxyl groups is 1. The number of aromatic amines is 1. The lowest BCUT2D eigenvalue weighted by Gasteiger charge is -2.26. The molecule has 0 radical (unpaired) electrons. The summed E-state index contributed by atoms with van der Waals surface area (Å²) in [5, 5.41) is 13.2. The third-order valence-electron chi connectivity index (χ3n) is 5.26. The predicted molar refractivity (Wildman–Crippen MR) is 128 cm³/mol. The molecule has 1 aromatic carbocycles. The molecule has 16 heteroatoms. The van der Waals surface area contributed by atoms with Crippen LogP contribution in [-0.2, 0) is 23.4 Å². The number of benzene rings is 1. The number of hydrogen-bond acceptors (Lipinski definition) is 9. The topological polar surface area (TPSA) is 158 Å². The van der Waals surface area contributed by atoms with Crippen LogP contribution in [0.2, 0.25) is 0 Å². The Morgan fingerprint density at radius 2 is 2.06 bits per heavy atom. The highest BCUT2D eigenvalue weighted by molar-refractivity contribution is 7.52. The van der Waals surface area contributed by atoms with E-state index in [0.29, 0.717) is 0 Å². The Kier molecular flexibility index (Phi) is 8.81. The van der Waals surface area contributed by atoms with Crippen molar-refractivity contribution < 1.29 is 37.4 Å². The standard InChI is InChI=1S/C20H25BClFN3O9P/c1-3-32-17(29)11(2)25-36(31,35-13-6-4-12(23)5-7-13)33-10-14-16(28)20(21,22)18(34-14)26-9-8-15(27)24-19(26)30/h4-9,11,14,16,18,28H,3,10,21H2,1-2H3,(H,25,31)(H,24,27,30)/t11-,14+,16+,18+,20-,36+/m0/s1. The molecular weight excluding hydrogens is 522 g/mol. The van der Waals surface area contributed by atoms with Gasteiger partial charge in [0.2, 0.25) is 0 Å². The van der Waals surface area contributed by atoms with Crippen molar-refractivity contribution >= 4 is 33.2 Å². The molecule has 0 saturated carbocycles. The Morgan fingerprint density at radius 3 is 2.67 bits per heavy atom. The van der Waals surface area contributed by atoms with E-state index in [4.69, 9.17) is 30.1 Å². The number of ether oxygens (including phenoxy) is 2. The maximum absolute atomic E-state index is 13.5. The van der Waals surface area contributed by atoms with Crippen LogP contribution in [0.1, 0.15) is 20.1 Å². The molecule has 1 aliphatic rings. The Balaban J connectivity index is 1.81. The normalized spacial score (nSPS) is 26.2. The molecular formula is C20H25BClFN3O9P. The summed E-state index contributed by atoms with van der Waals surface area (Å²) in [6, 6.07) is 4.51. The van der Waals surface area contributed by atoms with E-state index in [2.05, 4.69) is 10.1 Å². The minimum Gasteiger partial charge on any atom is -0.465 e. The molecule has 0 aliphatic carbocycles. The van der Waals surface area contributed by atoms with Gasteiger partial charge in [0.05, 0.1) is 24.1 Å². The predicted octanol–water partition coefficient (Wildman–Crippen LogP) is 0.247. The van der Waals surface area contributed by atoms with Crippen LogP contribution in [0, 0.1) is 5.82 Å². The van der Waals surface area contributed by atoms with Crippen molar-refractivity contribution in [3.63, 3.8) is 0 Å². The molecule has 1 aliphatic heterocycles. The third-order valence-corrected chi connectivity index (χ3v) is 7.31. The Morgan fingerprint density at radius 1 is 1.39 bits per heavy atom. The summed E-state index contributed by atoms with van der Waals surface area (Å²) >= 11 is 6.49. The molecule has 0 unspecified atom stereocenters. The SMILES string of the molecule is B[C@]1(Cl)[C@H](O)[C@@H](CO[P@](=O)(N[C@@H](C)C(=O)OCC)Oc2ccc(F)cc2)O[C@H]1n1ccc(=O)[nH]c1=O. The lowest BCUT2D eigenvalue weighted by molar-refractivity contribution is -0.144. The fourth-order valence-corrected chi connectivity index (χ4v) is 5.21. The van der Waals surface area contributed by atoms with E-state index in [-0.39, 0.29) is 12.4 Å². The third kappa shape index (κ3) is 6.44. The lowest BCUT2D eigenvalue weighted by atomic mass is 9.79. The van der Waals surface area contributed by atoms with Gasteiger partial charge in [-0.1, -0.05) is 0 Å². The van der Waals surface area contributed by atoms with Crippen LogP contribution in [0.4, 0.5) is 4.39 Å². The molecule has 12 nitrogen and oxygen atoms in total. The number of H-pyrrole nitrogens is 1. The van der Waals surface area contributed by atoms with Gasteiger partial charge in [0.1, 0.15) is 31.6 Å². The van der Waals surface area contributed by atoms with Crippen LogP contribution in [0.15, 0.2) is 46.1 Å². The Bertz CT molecular complexity index is 1240. The van der Waals surface area contributed by atoms with Crippen molar-refractivity contribution in [2.45, 2.75) is 43.1 Å². The zero-order chi connectivity index (χ0) is 26.7. The van der Waals surface area contributed by atoms with Gasteiger partial charge in [-0.25, -0.2) is 13.8 Å². The lowest BCUT2D eigenvalue weighted by Crippen LogP contribution is -2.45. The summed E-state index contributed by atoms with van der Waals surface area (Å²) in [5.41, 5.74) is -1.45. The first-order valence-electron chi connectivity index (χ1n) is 10.8. The van der Waals surface area contributed by atoms with Gasteiger partial charge in [0, 0.05) is 12.3 Å². The summed E-state index contributed by atoms with van der Waals surface area (Å²) in [5.74, 6) is -1.32. The molecule has 0 bridgehead atoms.